The van der Waals surface area contributed by atoms with E-state index in [0.29, 0.717) is 17.9 Å². The number of carbonyl (C=O) groups excluding carboxylic acids is 1. The monoisotopic (exact) mass is 413 g/mol. The van der Waals surface area contributed by atoms with Gasteiger partial charge in [-0.25, -0.2) is 9.97 Å². The molecule has 31 heavy (non-hydrogen) atoms. The summed E-state index contributed by atoms with van der Waals surface area (Å²) in [5.74, 6) is 1.18. The molecule has 0 saturated carbocycles. The molecule has 0 aliphatic rings. The topological polar surface area (TPSA) is 96.7 Å². The van der Waals surface area contributed by atoms with Crippen molar-refractivity contribution in [2.75, 3.05) is 5.32 Å². The van der Waals surface area contributed by atoms with Crippen LogP contribution in [0.2, 0.25) is 0 Å². The lowest BCUT2D eigenvalue weighted by Gasteiger charge is -2.18. The minimum Gasteiger partial charge on any atom is -0.366 e. The lowest BCUT2D eigenvalue weighted by atomic mass is 10.0. The zero-order chi connectivity index (χ0) is 22.1. The Bertz CT molecular complexity index is 1260. The first-order chi connectivity index (χ1) is 14.9. The van der Waals surface area contributed by atoms with E-state index in [-0.39, 0.29) is 5.92 Å². The highest BCUT2D eigenvalue weighted by Gasteiger charge is 2.22. The fourth-order valence-corrected chi connectivity index (χ4v) is 4.16. The van der Waals surface area contributed by atoms with Gasteiger partial charge < -0.3 is 16.0 Å². The van der Waals surface area contributed by atoms with Crippen LogP contribution in [0.5, 0.6) is 0 Å². The van der Waals surface area contributed by atoms with E-state index in [1.807, 2.05) is 44.2 Å². The van der Waals surface area contributed by atoms with Crippen LogP contribution in [0.1, 0.15) is 52.6 Å². The van der Waals surface area contributed by atoms with Gasteiger partial charge in [-0.1, -0.05) is 50.2 Å². The van der Waals surface area contributed by atoms with Gasteiger partial charge in [0.2, 0.25) is 5.91 Å². The van der Waals surface area contributed by atoms with Crippen molar-refractivity contribution in [2.24, 2.45) is 5.73 Å². The number of nitrogens with two attached hydrogens (primary N) is 1. The molecule has 0 fully saturated rings. The Morgan fingerprint density at radius 1 is 1.06 bits per heavy atom. The number of nitrogens with one attached hydrogen (secondary N) is 2. The number of nitrogens with zero attached hydrogens (tertiary/aromatic N) is 2. The quantitative estimate of drug-likeness (QED) is 0.411. The van der Waals surface area contributed by atoms with Crippen molar-refractivity contribution >= 4 is 22.6 Å². The van der Waals surface area contributed by atoms with Gasteiger partial charge in [-0.05, 0) is 37.5 Å². The normalized spacial score (nSPS) is 11.3. The van der Waals surface area contributed by atoms with Crippen LogP contribution in [0.4, 0.5) is 5.82 Å². The van der Waals surface area contributed by atoms with Crippen LogP contribution in [-0.2, 0) is 6.54 Å². The average Bonchev–Trinajstić information content (AvgIpc) is 3.07. The molecule has 1 amide bonds. The predicted octanol–water partition coefficient (Wildman–Crippen LogP) is 5.08. The maximum Gasteiger partial charge on any atom is 0.249 e. The molecule has 4 aromatic rings. The number of hydrogen-bond acceptors (Lipinski definition) is 4. The number of primary amides is 1. The van der Waals surface area contributed by atoms with Gasteiger partial charge in [0, 0.05) is 45.5 Å². The van der Waals surface area contributed by atoms with Gasteiger partial charge in [-0.15, -0.1) is 0 Å². The standard InChI is InChI=1S/C25H27N5O/c1-14(2)20-15(3)29-25(30-24(20)27-13-17-9-6-5-7-10-17)21-16(4)28-19-12-8-11-18(22(19)21)23(26)31/h5-12,14,28H,13H2,1-4H3,(H2,26,31)(H,27,29,30). The summed E-state index contributed by atoms with van der Waals surface area (Å²) in [4.78, 5) is 25.2. The number of H-pyrrole nitrogens is 1. The lowest BCUT2D eigenvalue weighted by Crippen LogP contribution is -2.12. The van der Waals surface area contributed by atoms with Crippen LogP contribution in [0, 0.1) is 13.8 Å². The highest BCUT2D eigenvalue weighted by atomic mass is 16.1. The maximum atomic E-state index is 12.1. The summed E-state index contributed by atoms with van der Waals surface area (Å²) in [6.07, 6.45) is 0. The maximum absolute atomic E-state index is 12.1. The molecule has 2 aromatic carbocycles. The van der Waals surface area contributed by atoms with Gasteiger partial charge in [0.1, 0.15) is 5.82 Å². The summed E-state index contributed by atoms with van der Waals surface area (Å²) in [5.41, 5.74) is 11.9. The number of carbonyl (C=O) groups is 1. The highest BCUT2D eigenvalue weighted by Crippen LogP contribution is 2.35. The second-order valence-corrected chi connectivity index (χ2v) is 8.11. The first-order valence-corrected chi connectivity index (χ1v) is 10.4. The molecule has 0 unspecified atom stereocenters. The van der Waals surface area contributed by atoms with Gasteiger partial charge >= 0.3 is 0 Å². The Labute approximate surface area is 181 Å². The Balaban J connectivity index is 1.88. The predicted molar refractivity (Wildman–Crippen MR) is 125 cm³/mol. The van der Waals surface area contributed by atoms with E-state index in [0.717, 1.165) is 39.2 Å². The van der Waals surface area contributed by atoms with Crippen molar-refractivity contribution in [1.29, 1.82) is 0 Å². The molecule has 0 bridgehead atoms. The van der Waals surface area contributed by atoms with Crippen molar-refractivity contribution in [3.8, 4) is 11.4 Å². The van der Waals surface area contributed by atoms with Crippen molar-refractivity contribution in [3.05, 3.63) is 76.6 Å². The van der Waals surface area contributed by atoms with E-state index >= 15 is 0 Å². The molecular formula is C25H27N5O. The molecule has 158 valence electrons. The average molecular weight is 414 g/mol. The van der Waals surface area contributed by atoms with E-state index < -0.39 is 5.91 Å². The molecule has 0 aliphatic carbocycles. The van der Waals surface area contributed by atoms with Crippen LogP contribution in [0.25, 0.3) is 22.3 Å². The van der Waals surface area contributed by atoms with Gasteiger partial charge in [0.05, 0.1) is 0 Å². The molecule has 2 aromatic heterocycles. The molecule has 0 radical (unpaired) electrons. The van der Waals surface area contributed by atoms with E-state index in [9.17, 15) is 4.79 Å². The summed E-state index contributed by atoms with van der Waals surface area (Å²) in [6.45, 7) is 8.91. The SMILES string of the molecule is Cc1nc(-c2c(C)[nH]c3cccc(C(N)=O)c23)nc(NCc2ccccc2)c1C(C)C. The summed E-state index contributed by atoms with van der Waals surface area (Å²) >= 11 is 0. The van der Waals surface area contributed by atoms with Crippen molar-refractivity contribution in [1.82, 2.24) is 15.0 Å². The van der Waals surface area contributed by atoms with Gasteiger partial charge in [-0.2, -0.15) is 0 Å². The van der Waals surface area contributed by atoms with Gasteiger partial charge in [-0.3, -0.25) is 4.79 Å². The number of aromatic amines is 1. The number of anilines is 1. The fraction of sp³-hybridized carbons (Fsp3) is 0.240. The van der Waals surface area contributed by atoms with Crippen LogP contribution < -0.4 is 11.1 Å². The first-order valence-electron chi connectivity index (χ1n) is 10.4. The first kappa shape index (κ1) is 20.6. The zero-order valence-corrected chi connectivity index (χ0v) is 18.3. The van der Waals surface area contributed by atoms with Gasteiger partial charge in [0.25, 0.3) is 0 Å². The second kappa shape index (κ2) is 8.22. The summed E-state index contributed by atoms with van der Waals surface area (Å²) in [6, 6.07) is 15.7. The Morgan fingerprint density at radius 2 is 1.81 bits per heavy atom. The Hall–Kier alpha value is -3.67. The van der Waals surface area contributed by atoms with Gasteiger partial charge in [0.15, 0.2) is 5.82 Å². The molecule has 2 heterocycles. The minimum absolute atomic E-state index is 0.262. The molecule has 0 spiro atoms. The second-order valence-electron chi connectivity index (χ2n) is 8.11. The van der Waals surface area contributed by atoms with Crippen molar-refractivity contribution < 1.29 is 4.79 Å². The fourth-order valence-electron chi connectivity index (χ4n) is 4.16. The lowest BCUT2D eigenvalue weighted by molar-refractivity contribution is 0.100. The van der Waals surface area contributed by atoms with Crippen molar-refractivity contribution in [3.63, 3.8) is 0 Å². The number of aromatic nitrogens is 3. The van der Waals surface area contributed by atoms with Crippen LogP contribution in [-0.4, -0.2) is 20.9 Å². The third-order valence-corrected chi connectivity index (χ3v) is 5.52. The van der Waals surface area contributed by atoms with E-state index in [1.165, 1.54) is 5.56 Å². The molecule has 6 heteroatoms. The molecule has 6 nitrogen and oxygen atoms in total. The third kappa shape index (κ3) is 3.89. The minimum atomic E-state index is -0.469. The highest BCUT2D eigenvalue weighted by molar-refractivity contribution is 6.11. The van der Waals surface area contributed by atoms with Crippen LogP contribution in [0.15, 0.2) is 48.5 Å². The van der Waals surface area contributed by atoms with E-state index in [1.54, 1.807) is 6.07 Å². The summed E-state index contributed by atoms with van der Waals surface area (Å²) < 4.78 is 0. The largest absolute Gasteiger partial charge is 0.366 e. The number of amides is 1. The Morgan fingerprint density at radius 3 is 2.48 bits per heavy atom. The number of fused-ring (bicyclic) bond motifs is 1. The number of aryl methyl sites for hydroxylation is 2. The molecular weight excluding hydrogens is 386 g/mol. The Kier molecular flexibility index (Phi) is 5.46. The molecule has 4 N–H and O–H groups in total. The summed E-state index contributed by atoms with van der Waals surface area (Å²) in [7, 11) is 0. The smallest absolute Gasteiger partial charge is 0.249 e. The summed E-state index contributed by atoms with van der Waals surface area (Å²) in [5, 5.41) is 4.27. The number of rotatable bonds is 6. The van der Waals surface area contributed by atoms with Crippen molar-refractivity contribution in [2.45, 2.75) is 40.2 Å². The molecule has 4 rings (SSSR count). The van der Waals surface area contributed by atoms with Crippen LogP contribution >= 0.6 is 0 Å². The molecule has 0 atom stereocenters. The number of benzene rings is 2. The van der Waals surface area contributed by atoms with Crippen LogP contribution in [0.3, 0.4) is 0 Å². The molecule has 0 saturated heterocycles. The number of hydrogen-bond donors (Lipinski definition) is 3. The third-order valence-electron chi connectivity index (χ3n) is 5.52. The zero-order valence-electron chi connectivity index (χ0n) is 18.3. The van der Waals surface area contributed by atoms with E-state index in [4.69, 9.17) is 15.7 Å². The van der Waals surface area contributed by atoms with E-state index in [2.05, 4.69) is 36.3 Å². The molecule has 0 aliphatic heterocycles.